The van der Waals surface area contributed by atoms with Gasteiger partial charge >= 0.3 is 5.97 Å². The molecule has 0 saturated heterocycles. The van der Waals surface area contributed by atoms with Gasteiger partial charge < -0.3 is 10.2 Å². The van der Waals surface area contributed by atoms with E-state index in [1.165, 1.54) is 11.3 Å². The zero-order chi connectivity index (χ0) is 11.8. The Labute approximate surface area is 98.7 Å². The third-order valence-electron chi connectivity index (χ3n) is 3.29. The van der Waals surface area contributed by atoms with Crippen molar-refractivity contribution in [2.75, 3.05) is 0 Å². The molecule has 88 valence electrons. The minimum atomic E-state index is -0.942. The first-order valence-corrected chi connectivity index (χ1v) is 6.44. The molecule has 1 fully saturated rings. The number of carbonyl (C=O) groups is 1. The molecule has 1 saturated carbocycles. The van der Waals surface area contributed by atoms with Crippen molar-refractivity contribution in [2.45, 2.75) is 38.2 Å². The third kappa shape index (κ3) is 1.99. The summed E-state index contributed by atoms with van der Waals surface area (Å²) in [5.41, 5.74) is -0.652. The summed E-state index contributed by atoms with van der Waals surface area (Å²) in [5, 5.41) is 21.4. The summed E-state index contributed by atoms with van der Waals surface area (Å²) in [4.78, 5) is 11.7. The van der Waals surface area contributed by atoms with Crippen LogP contribution >= 0.6 is 11.3 Å². The van der Waals surface area contributed by atoms with E-state index in [4.69, 9.17) is 5.11 Å². The maximum atomic E-state index is 11.0. The molecular formula is C12H16O3S. The van der Waals surface area contributed by atoms with Crippen molar-refractivity contribution in [3.8, 4) is 0 Å². The highest BCUT2D eigenvalue weighted by Gasteiger charge is 2.38. The Hall–Kier alpha value is -0.870. The zero-order valence-electron chi connectivity index (χ0n) is 9.27. The standard InChI is InChI=1S/C12H16O3S/c1-8-3-2-5-12(15,7-8)10-9(11(13)14)4-6-16-10/h4,6,8,15H,2-3,5,7H2,1H3,(H,13,14). The topological polar surface area (TPSA) is 57.5 Å². The molecule has 0 radical (unpaired) electrons. The molecule has 0 spiro atoms. The Bertz CT molecular complexity index is 399. The second-order valence-corrected chi connectivity index (χ2v) is 5.62. The highest BCUT2D eigenvalue weighted by molar-refractivity contribution is 7.10. The molecular weight excluding hydrogens is 224 g/mol. The largest absolute Gasteiger partial charge is 0.478 e. The fraction of sp³-hybridized carbons (Fsp3) is 0.583. The lowest BCUT2D eigenvalue weighted by atomic mass is 9.77. The highest BCUT2D eigenvalue weighted by atomic mass is 32.1. The molecule has 0 amide bonds. The number of hydrogen-bond acceptors (Lipinski definition) is 3. The van der Waals surface area contributed by atoms with Crippen LogP contribution in [0.25, 0.3) is 0 Å². The van der Waals surface area contributed by atoms with Crippen molar-refractivity contribution < 1.29 is 15.0 Å². The van der Waals surface area contributed by atoms with E-state index in [1.807, 2.05) is 0 Å². The van der Waals surface area contributed by atoms with Crippen LogP contribution in [0.5, 0.6) is 0 Å². The Kier molecular flexibility index (Phi) is 3.04. The molecule has 2 unspecified atom stereocenters. The Morgan fingerprint density at radius 3 is 3.00 bits per heavy atom. The fourth-order valence-electron chi connectivity index (χ4n) is 2.57. The lowest BCUT2D eigenvalue weighted by Gasteiger charge is -2.35. The molecule has 0 aliphatic heterocycles. The molecule has 2 atom stereocenters. The van der Waals surface area contributed by atoms with Crippen LogP contribution in [0.1, 0.15) is 47.8 Å². The maximum absolute atomic E-state index is 11.0. The van der Waals surface area contributed by atoms with Gasteiger partial charge in [0.1, 0.15) is 0 Å². The van der Waals surface area contributed by atoms with Gasteiger partial charge in [0, 0.05) is 0 Å². The van der Waals surface area contributed by atoms with Crippen LogP contribution in [-0.4, -0.2) is 16.2 Å². The first kappa shape index (κ1) is 11.6. The molecule has 2 N–H and O–H groups in total. The second-order valence-electron chi connectivity index (χ2n) is 4.70. The average Bonchev–Trinajstić information content (AvgIpc) is 2.65. The molecule has 0 bridgehead atoms. The number of aliphatic hydroxyl groups is 1. The van der Waals surface area contributed by atoms with Gasteiger partial charge in [-0.1, -0.05) is 13.3 Å². The van der Waals surface area contributed by atoms with Crippen molar-refractivity contribution in [1.29, 1.82) is 0 Å². The SMILES string of the molecule is CC1CCCC(O)(c2sccc2C(=O)O)C1. The predicted octanol–water partition coefficient (Wildman–Crippen LogP) is 2.84. The van der Waals surface area contributed by atoms with Gasteiger partial charge in [-0.3, -0.25) is 0 Å². The Balaban J connectivity index is 2.34. The number of aromatic carboxylic acids is 1. The maximum Gasteiger partial charge on any atom is 0.336 e. The van der Waals surface area contributed by atoms with E-state index in [0.717, 1.165) is 12.8 Å². The van der Waals surface area contributed by atoms with Gasteiger partial charge in [-0.25, -0.2) is 4.79 Å². The minimum absolute atomic E-state index is 0.265. The molecule has 0 aromatic carbocycles. The molecule has 4 heteroatoms. The predicted molar refractivity (Wildman–Crippen MR) is 62.8 cm³/mol. The van der Waals surface area contributed by atoms with Gasteiger partial charge in [0.15, 0.2) is 0 Å². The van der Waals surface area contributed by atoms with Gasteiger partial charge in [-0.2, -0.15) is 0 Å². The summed E-state index contributed by atoms with van der Waals surface area (Å²) in [5.74, 6) is -0.481. The molecule has 2 rings (SSSR count). The van der Waals surface area contributed by atoms with Crippen LogP contribution < -0.4 is 0 Å². The van der Waals surface area contributed by atoms with Crippen molar-refractivity contribution in [2.24, 2.45) is 5.92 Å². The van der Waals surface area contributed by atoms with E-state index < -0.39 is 11.6 Å². The summed E-state index contributed by atoms with van der Waals surface area (Å²) in [6, 6.07) is 1.58. The number of rotatable bonds is 2. The van der Waals surface area contributed by atoms with E-state index in [-0.39, 0.29) is 5.56 Å². The van der Waals surface area contributed by atoms with Crippen molar-refractivity contribution in [3.05, 3.63) is 21.9 Å². The summed E-state index contributed by atoms with van der Waals surface area (Å²) >= 11 is 1.35. The van der Waals surface area contributed by atoms with Crippen LogP contribution in [-0.2, 0) is 5.60 Å². The quantitative estimate of drug-likeness (QED) is 0.835. The molecule has 1 aromatic heterocycles. The summed E-state index contributed by atoms with van der Waals surface area (Å²) in [6.07, 6.45) is 3.44. The van der Waals surface area contributed by atoms with E-state index in [2.05, 4.69) is 6.92 Å². The van der Waals surface area contributed by atoms with Crippen LogP contribution in [0.3, 0.4) is 0 Å². The summed E-state index contributed by atoms with van der Waals surface area (Å²) in [6.45, 7) is 2.11. The first-order valence-electron chi connectivity index (χ1n) is 5.56. The number of carboxylic acids is 1. The highest BCUT2D eigenvalue weighted by Crippen LogP contribution is 2.43. The van der Waals surface area contributed by atoms with E-state index in [9.17, 15) is 9.90 Å². The van der Waals surface area contributed by atoms with Gasteiger partial charge in [0.25, 0.3) is 0 Å². The summed E-state index contributed by atoms with van der Waals surface area (Å²) in [7, 11) is 0. The normalized spacial score (nSPS) is 30.2. The van der Waals surface area contributed by atoms with Gasteiger partial charge in [0.2, 0.25) is 0 Å². The van der Waals surface area contributed by atoms with E-state index in [0.29, 0.717) is 23.6 Å². The molecule has 3 nitrogen and oxygen atoms in total. The van der Waals surface area contributed by atoms with Crippen molar-refractivity contribution in [1.82, 2.24) is 0 Å². The monoisotopic (exact) mass is 240 g/mol. The average molecular weight is 240 g/mol. The minimum Gasteiger partial charge on any atom is -0.478 e. The van der Waals surface area contributed by atoms with E-state index in [1.54, 1.807) is 11.4 Å². The Morgan fingerprint density at radius 2 is 2.38 bits per heavy atom. The lowest BCUT2D eigenvalue weighted by molar-refractivity contribution is -0.0156. The Morgan fingerprint density at radius 1 is 1.62 bits per heavy atom. The fourth-order valence-corrected chi connectivity index (χ4v) is 3.60. The lowest BCUT2D eigenvalue weighted by Crippen LogP contribution is -2.32. The number of carboxylic acid groups (broad SMARTS) is 1. The smallest absolute Gasteiger partial charge is 0.336 e. The number of hydrogen-bond donors (Lipinski definition) is 2. The molecule has 1 aliphatic carbocycles. The van der Waals surface area contributed by atoms with E-state index >= 15 is 0 Å². The van der Waals surface area contributed by atoms with Crippen molar-refractivity contribution >= 4 is 17.3 Å². The molecule has 1 heterocycles. The van der Waals surface area contributed by atoms with Crippen LogP contribution in [0.2, 0.25) is 0 Å². The first-order chi connectivity index (χ1) is 7.53. The number of thiophene rings is 1. The zero-order valence-corrected chi connectivity index (χ0v) is 10.1. The van der Waals surface area contributed by atoms with Crippen LogP contribution in [0.4, 0.5) is 0 Å². The third-order valence-corrected chi connectivity index (χ3v) is 4.40. The molecule has 1 aromatic rings. The van der Waals surface area contributed by atoms with Crippen molar-refractivity contribution in [3.63, 3.8) is 0 Å². The van der Waals surface area contributed by atoms with Crippen LogP contribution in [0, 0.1) is 5.92 Å². The van der Waals surface area contributed by atoms with Gasteiger partial charge in [-0.15, -0.1) is 11.3 Å². The molecule has 1 aliphatic rings. The summed E-state index contributed by atoms with van der Waals surface area (Å²) < 4.78 is 0. The second kappa shape index (κ2) is 4.18. The van der Waals surface area contributed by atoms with Crippen LogP contribution in [0.15, 0.2) is 11.4 Å². The van der Waals surface area contributed by atoms with Gasteiger partial charge in [0.05, 0.1) is 16.0 Å². The molecule has 16 heavy (non-hydrogen) atoms. The van der Waals surface area contributed by atoms with Gasteiger partial charge in [-0.05, 0) is 36.6 Å².